The molecule has 1 heterocycles. The third-order valence-electron chi connectivity index (χ3n) is 4.35. The lowest BCUT2D eigenvalue weighted by atomic mass is 10.1. The van der Waals surface area contributed by atoms with Crippen molar-refractivity contribution in [2.24, 2.45) is 0 Å². The van der Waals surface area contributed by atoms with Gasteiger partial charge in [-0.3, -0.25) is 9.78 Å². The van der Waals surface area contributed by atoms with E-state index in [9.17, 15) is 31.1 Å². The number of alkyl halides is 6. The van der Waals surface area contributed by atoms with Gasteiger partial charge in [-0.15, -0.1) is 0 Å². The van der Waals surface area contributed by atoms with Gasteiger partial charge in [0.15, 0.2) is 5.75 Å². The fraction of sp³-hybridized carbons (Fsp3) is 0.227. The van der Waals surface area contributed by atoms with Crippen molar-refractivity contribution in [2.75, 3.05) is 0 Å². The van der Waals surface area contributed by atoms with E-state index in [0.717, 1.165) is 37.3 Å². The van der Waals surface area contributed by atoms with Crippen LogP contribution >= 0.6 is 0 Å². The Kier molecular flexibility index (Phi) is 6.61. The highest BCUT2D eigenvalue weighted by atomic mass is 19.4. The summed E-state index contributed by atoms with van der Waals surface area (Å²) in [6.07, 6.45) is -9.42. The molecule has 3 rings (SSSR count). The van der Waals surface area contributed by atoms with E-state index in [1.807, 2.05) is 0 Å². The smallest absolute Gasteiger partial charge is 0.449 e. The van der Waals surface area contributed by atoms with Crippen molar-refractivity contribution in [1.82, 2.24) is 0 Å². The molecule has 176 valence electrons. The fourth-order valence-corrected chi connectivity index (χ4v) is 2.81. The van der Waals surface area contributed by atoms with Gasteiger partial charge in [0, 0.05) is 23.6 Å². The third-order valence-corrected chi connectivity index (χ3v) is 4.35. The molecule has 11 heteroatoms. The number of halogens is 6. The lowest BCUT2D eigenvalue weighted by molar-refractivity contribution is -0.211. The summed E-state index contributed by atoms with van der Waals surface area (Å²) < 4.78 is 88.8. The number of benzene rings is 2. The van der Waals surface area contributed by atoms with Crippen molar-refractivity contribution in [3.8, 4) is 22.8 Å². The van der Waals surface area contributed by atoms with E-state index in [4.69, 9.17) is 14.0 Å². The van der Waals surface area contributed by atoms with Gasteiger partial charge in [-0.25, -0.2) is 4.79 Å². The number of hydrogen-bond acceptors (Lipinski definition) is 5. The molecule has 0 unspecified atom stereocenters. The van der Waals surface area contributed by atoms with E-state index in [2.05, 4.69) is 4.89 Å². The second-order valence-electron chi connectivity index (χ2n) is 6.91. The maximum atomic E-state index is 13.4. The van der Waals surface area contributed by atoms with Gasteiger partial charge in [-0.05, 0) is 43.3 Å². The standard InChI is InChI=1S/C22H16F6O5/c1-12-9-17(7-8-18(12)33-32-13(2)29)30-11-15-10-19(31-20(15)22(26,27)28)14-3-5-16(6-4-14)21(23,24)25/h3-10H,11H2,1-2H3. The number of rotatable bonds is 6. The van der Waals surface area contributed by atoms with E-state index < -0.39 is 36.3 Å². The van der Waals surface area contributed by atoms with Gasteiger partial charge in [0.1, 0.15) is 18.1 Å². The van der Waals surface area contributed by atoms with E-state index in [1.165, 1.54) is 18.2 Å². The van der Waals surface area contributed by atoms with Crippen LogP contribution in [0.3, 0.4) is 0 Å². The molecule has 0 saturated heterocycles. The van der Waals surface area contributed by atoms with Crippen LogP contribution in [0.25, 0.3) is 11.3 Å². The number of carbonyl (C=O) groups excluding carboxylic acids is 1. The number of ether oxygens (including phenoxy) is 1. The number of furan rings is 1. The average Bonchev–Trinajstić information content (AvgIpc) is 3.16. The van der Waals surface area contributed by atoms with Crippen molar-refractivity contribution in [3.05, 3.63) is 71.0 Å². The minimum absolute atomic E-state index is 0.0440. The Morgan fingerprint density at radius 3 is 2.15 bits per heavy atom. The SMILES string of the molecule is CC(=O)OOc1ccc(OCc2cc(-c3ccc(C(F)(F)F)cc3)oc2C(F)(F)F)cc1C. The van der Waals surface area contributed by atoms with E-state index >= 15 is 0 Å². The highest BCUT2D eigenvalue weighted by Gasteiger charge is 2.39. The monoisotopic (exact) mass is 474 g/mol. The van der Waals surface area contributed by atoms with Gasteiger partial charge in [0.05, 0.1) is 5.56 Å². The average molecular weight is 474 g/mol. The predicted octanol–water partition coefficient (Wildman–Crippen LogP) is 6.73. The van der Waals surface area contributed by atoms with Crippen LogP contribution in [0.5, 0.6) is 11.5 Å². The van der Waals surface area contributed by atoms with Crippen molar-refractivity contribution in [3.63, 3.8) is 0 Å². The van der Waals surface area contributed by atoms with Crippen LogP contribution in [0.2, 0.25) is 0 Å². The Morgan fingerprint density at radius 1 is 0.939 bits per heavy atom. The summed E-state index contributed by atoms with van der Waals surface area (Å²) in [4.78, 5) is 20.1. The topological polar surface area (TPSA) is 57.9 Å². The zero-order chi connectivity index (χ0) is 24.4. The first-order valence-electron chi connectivity index (χ1n) is 9.30. The molecule has 0 spiro atoms. The summed E-state index contributed by atoms with van der Waals surface area (Å²) in [6.45, 7) is 2.23. The van der Waals surface area contributed by atoms with Crippen LogP contribution in [0, 0.1) is 6.92 Å². The molecule has 0 aliphatic carbocycles. The summed E-state index contributed by atoms with van der Waals surface area (Å²) in [5.41, 5.74) is -0.741. The molecule has 2 aromatic carbocycles. The first-order valence-corrected chi connectivity index (χ1v) is 9.30. The Balaban J connectivity index is 1.81. The van der Waals surface area contributed by atoms with Crippen LogP contribution in [0.4, 0.5) is 26.3 Å². The lowest BCUT2D eigenvalue weighted by Gasteiger charge is -2.10. The molecule has 5 nitrogen and oxygen atoms in total. The molecule has 0 N–H and O–H groups in total. The molecule has 0 radical (unpaired) electrons. The zero-order valence-corrected chi connectivity index (χ0v) is 17.1. The normalized spacial score (nSPS) is 11.9. The van der Waals surface area contributed by atoms with Gasteiger partial charge in [-0.2, -0.15) is 26.3 Å². The minimum atomic E-state index is -4.85. The highest BCUT2D eigenvalue weighted by molar-refractivity contribution is 5.65. The molecule has 0 saturated carbocycles. The molecule has 0 atom stereocenters. The molecule has 0 fully saturated rings. The Hall–Kier alpha value is -3.63. The quantitative estimate of drug-likeness (QED) is 0.225. The molecular weight excluding hydrogens is 458 g/mol. The van der Waals surface area contributed by atoms with Gasteiger partial charge in [0.2, 0.25) is 5.76 Å². The van der Waals surface area contributed by atoms with Gasteiger partial charge >= 0.3 is 18.3 Å². The maximum Gasteiger partial charge on any atom is 0.449 e. The summed E-state index contributed by atoms with van der Waals surface area (Å²) >= 11 is 0. The van der Waals surface area contributed by atoms with Crippen LogP contribution in [-0.2, 0) is 28.6 Å². The Morgan fingerprint density at radius 2 is 1.61 bits per heavy atom. The van der Waals surface area contributed by atoms with Crippen molar-refractivity contribution in [1.29, 1.82) is 0 Å². The Bertz CT molecular complexity index is 1130. The van der Waals surface area contributed by atoms with E-state index in [1.54, 1.807) is 6.92 Å². The van der Waals surface area contributed by atoms with Crippen LogP contribution in [0.15, 0.2) is 52.9 Å². The van der Waals surface area contributed by atoms with Crippen molar-refractivity contribution < 1.29 is 50.1 Å². The summed E-state index contributed by atoms with van der Waals surface area (Å²) in [5.74, 6) is -1.83. The summed E-state index contributed by atoms with van der Waals surface area (Å²) in [6, 6.07) is 8.89. The largest absolute Gasteiger partial charge is 0.489 e. The molecule has 0 aliphatic heterocycles. The lowest BCUT2D eigenvalue weighted by Crippen LogP contribution is -2.08. The number of carbonyl (C=O) groups is 1. The molecular formula is C22H16F6O5. The molecule has 0 bridgehead atoms. The molecule has 3 aromatic rings. The van der Waals surface area contributed by atoms with E-state index in [0.29, 0.717) is 5.56 Å². The van der Waals surface area contributed by atoms with Crippen molar-refractivity contribution >= 4 is 5.97 Å². The second kappa shape index (κ2) is 9.08. The van der Waals surface area contributed by atoms with Crippen LogP contribution in [0.1, 0.15) is 29.4 Å². The van der Waals surface area contributed by atoms with E-state index in [-0.39, 0.29) is 28.4 Å². The maximum absolute atomic E-state index is 13.4. The molecule has 0 amide bonds. The Labute approximate surface area is 183 Å². The highest BCUT2D eigenvalue weighted by Crippen LogP contribution is 2.38. The fourth-order valence-electron chi connectivity index (χ4n) is 2.81. The minimum Gasteiger partial charge on any atom is -0.489 e. The zero-order valence-electron chi connectivity index (χ0n) is 17.1. The third kappa shape index (κ3) is 5.99. The summed E-state index contributed by atoms with van der Waals surface area (Å²) in [7, 11) is 0. The predicted molar refractivity (Wildman–Crippen MR) is 102 cm³/mol. The van der Waals surface area contributed by atoms with Gasteiger partial charge in [0.25, 0.3) is 0 Å². The van der Waals surface area contributed by atoms with Crippen LogP contribution in [-0.4, -0.2) is 5.97 Å². The molecule has 1 aromatic heterocycles. The number of aryl methyl sites for hydroxylation is 1. The van der Waals surface area contributed by atoms with Crippen molar-refractivity contribution in [2.45, 2.75) is 32.8 Å². The first kappa shape index (κ1) is 24.0. The van der Waals surface area contributed by atoms with Gasteiger partial charge < -0.3 is 9.15 Å². The van der Waals surface area contributed by atoms with Gasteiger partial charge in [-0.1, -0.05) is 12.1 Å². The summed E-state index contributed by atoms with van der Waals surface area (Å²) in [5, 5.41) is 0. The number of hydrogen-bond donors (Lipinski definition) is 0. The second-order valence-corrected chi connectivity index (χ2v) is 6.91. The first-order chi connectivity index (χ1) is 15.3. The molecule has 33 heavy (non-hydrogen) atoms. The van der Waals surface area contributed by atoms with Crippen LogP contribution < -0.4 is 9.62 Å². The molecule has 0 aliphatic rings.